The van der Waals surface area contributed by atoms with Crippen molar-refractivity contribution in [1.82, 2.24) is 20.4 Å². The van der Waals surface area contributed by atoms with E-state index >= 15 is 0 Å². The van der Waals surface area contributed by atoms with Crippen molar-refractivity contribution >= 4 is 24.5 Å². The van der Waals surface area contributed by atoms with Gasteiger partial charge < -0.3 is 64.1 Å². The number of rotatable bonds is 17. The number of carbonyl (C=O) groups is 2. The van der Waals surface area contributed by atoms with Crippen molar-refractivity contribution in [3.05, 3.63) is 124 Å². The molecule has 0 saturated carbocycles. The van der Waals surface area contributed by atoms with Crippen LogP contribution in [-0.2, 0) is 0 Å². The Labute approximate surface area is 412 Å². The molecular formula is C49H49N9O14. The summed E-state index contributed by atoms with van der Waals surface area (Å²) in [5.41, 5.74) is 4.37. The summed E-state index contributed by atoms with van der Waals surface area (Å²) in [4.78, 5) is 20.3. The molecule has 0 aliphatic heterocycles. The number of hydrazone groups is 1. The Bertz CT molecular complexity index is 2850. The van der Waals surface area contributed by atoms with Gasteiger partial charge in [0.1, 0.15) is 30.7 Å². The molecule has 3 N–H and O–H groups in total. The van der Waals surface area contributed by atoms with Crippen LogP contribution < -0.4 is 57.9 Å². The minimum absolute atomic E-state index is 0.0162. The molecular weight excluding hydrogens is 939 g/mol. The van der Waals surface area contributed by atoms with Gasteiger partial charge in [0.2, 0.25) is 17.2 Å². The summed E-state index contributed by atoms with van der Waals surface area (Å²) < 4.78 is 49.1. The summed E-state index contributed by atoms with van der Waals surface area (Å²) in [5.74, 6) is 9.06. The van der Waals surface area contributed by atoms with Gasteiger partial charge >= 0.3 is 11.6 Å². The fourth-order valence-electron chi connectivity index (χ4n) is 6.75. The van der Waals surface area contributed by atoms with Gasteiger partial charge in [0.15, 0.2) is 45.9 Å². The number of aromatic nitrogens is 6. The smallest absolute Gasteiger partial charge is 0.360 e. The van der Waals surface area contributed by atoms with E-state index in [2.05, 4.69) is 30.7 Å². The zero-order valence-electron chi connectivity index (χ0n) is 40.4. The Morgan fingerprint density at radius 1 is 0.514 bits per heavy atom. The zero-order chi connectivity index (χ0) is 52.3. The van der Waals surface area contributed by atoms with Gasteiger partial charge in [-0.3, -0.25) is 9.59 Å². The highest BCUT2D eigenvalue weighted by Gasteiger charge is 2.23. The molecule has 2 aromatic heterocycles. The van der Waals surface area contributed by atoms with Crippen LogP contribution in [0.4, 0.5) is 0 Å². The predicted molar refractivity (Wildman–Crippen MR) is 261 cm³/mol. The molecule has 72 heavy (non-hydrogen) atoms. The second kappa shape index (κ2) is 25.5. The highest BCUT2D eigenvalue weighted by atomic mass is 16.5. The maximum absolute atomic E-state index is 13.1. The third-order valence-corrected chi connectivity index (χ3v) is 10.2. The van der Waals surface area contributed by atoms with Gasteiger partial charge in [-0.25, -0.2) is 9.46 Å². The quantitative estimate of drug-likeness (QED) is 0.0219. The number of nitrogens with zero attached hydrogens (tertiary/aromatic N) is 8. The fourth-order valence-corrected chi connectivity index (χ4v) is 6.75. The lowest BCUT2D eigenvalue weighted by Gasteiger charge is -2.14. The second-order valence-corrected chi connectivity index (χ2v) is 14.2. The van der Waals surface area contributed by atoms with Crippen molar-refractivity contribution in [2.24, 2.45) is 16.1 Å². The van der Waals surface area contributed by atoms with Gasteiger partial charge in [0.25, 0.3) is 0 Å². The second-order valence-electron chi connectivity index (χ2n) is 14.2. The largest absolute Gasteiger partial charge is 0.710 e. The molecule has 7 rings (SSSR count). The molecule has 5 aromatic carbocycles. The molecule has 0 radical (unpaired) electrons. The van der Waals surface area contributed by atoms with E-state index in [4.69, 9.17) is 53.7 Å². The molecule has 0 aliphatic rings. The Balaban J connectivity index is 0.000000280. The van der Waals surface area contributed by atoms with Crippen LogP contribution in [0.3, 0.4) is 0 Å². The van der Waals surface area contributed by atoms with Crippen LogP contribution in [0.2, 0.25) is 0 Å². The summed E-state index contributed by atoms with van der Waals surface area (Å²) in [6, 6.07) is 23.1. The summed E-state index contributed by atoms with van der Waals surface area (Å²) >= 11 is 0. The van der Waals surface area contributed by atoms with Crippen LogP contribution in [0.1, 0.15) is 26.3 Å². The highest BCUT2D eigenvalue weighted by Crippen LogP contribution is 2.42. The maximum atomic E-state index is 13.1. The van der Waals surface area contributed by atoms with Crippen LogP contribution in [0.5, 0.6) is 51.7 Å². The molecule has 0 spiro atoms. The number of aldehydes is 2. The van der Waals surface area contributed by atoms with Crippen molar-refractivity contribution in [3.63, 3.8) is 0 Å². The molecule has 0 bridgehead atoms. The molecule has 0 amide bonds. The van der Waals surface area contributed by atoms with Gasteiger partial charge in [0, 0.05) is 27.8 Å². The molecule has 23 nitrogen and oxygen atoms in total. The molecule has 374 valence electrons. The number of oxime groups is 1. The Kier molecular flexibility index (Phi) is 18.9. The van der Waals surface area contributed by atoms with E-state index in [1.165, 1.54) is 76.4 Å². The molecule has 23 heteroatoms. The average Bonchev–Trinajstić information content (AvgIpc) is 3.43. The third kappa shape index (κ3) is 12.3. The average molecular weight is 988 g/mol. The summed E-state index contributed by atoms with van der Waals surface area (Å²) in [6.45, 7) is 0. The molecule has 0 atom stereocenters. The van der Waals surface area contributed by atoms with Crippen molar-refractivity contribution in [3.8, 4) is 97.0 Å². The Morgan fingerprint density at radius 2 is 0.875 bits per heavy atom. The minimum atomic E-state index is 0.0162. The monoisotopic (exact) mass is 987 g/mol. The first-order valence-corrected chi connectivity index (χ1v) is 20.8. The van der Waals surface area contributed by atoms with Gasteiger partial charge in [-0.05, 0) is 70.9 Å². The molecule has 0 unspecified atom stereocenters. The van der Waals surface area contributed by atoms with Crippen molar-refractivity contribution in [2.45, 2.75) is 0 Å². The molecule has 0 aliphatic carbocycles. The van der Waals surface area contributed by atoms with Crippen LogP contribution >= 0.6 is 0 Å². The van der Waals surface area contributed by atoms with Crippen LogP contribution in [0.15, 0.2) is 108 Å². The number of ether oxygens (including phenoxy) is 9. The first-order chi connectivity index (χ1) is 34.9. The van der Waals surface area contributed by atoms with Crippen molar-refractivity contribution in [1.29, 1.82) is 0 Å². The molecule has 2 heterocycles. The SMILES string of the molecule is COc1cc(-c2c[n+]([O-])c(-c3cccc(-c4nnc(-c5cc(OC)c(OC)c(OC)c5)c[n+]4[O-])c3)nn2)cc(OC)c1OC.COc1cc(C(/C=N/O)=N/N)cc(OC)c1OC.O=Cc1cccc(C=O)c1. The van der Waals surface area contributed by atoms with E-state index in [9.17, 15) is 20.0 Å². The topological polar surface area (TPSA) is 294 Å². The lowest BCUT2D eigenvalue weighted by molar-refractivity contribution is -0.597. The number of hydrogen-bond donors (Lipinski definition) is 2. The first-order valence-electron chi connectivity index (χ1n) is 20.8. The van der Waals surface area contributed by atoms with Crippen molar-refractivity contribution < 1.29 is 66.9 Å². The van der Waals surface area contributed by atoms with Gasteiger partial charge in [0.05, 0.1) is 91.5 Å². The molecule has 0 saturated heterocycles. The summed E-state index contributed by atoms with van der Waals surface area (Å²) in [7, 11) is 13.5. The first kappa shape index (κ1) is 53.2. The number of nitrogens with two attached hydrogens (primary N) is 1. The van der Waals surface area contributed by atoms with Gasteiger partial charge in [-0.1, -0.05) is 29.4 Å². The number of carbonyl (C=O) groups excluding carboxylic acids is 2. The standard InChI is InChI=1S/C30H28N6O8.C11H15N3O4.C8H6O2/c1-39-23-11-19(12-24(40-2)27(23)43-5)21-15-35(37)29(33-31-21)17-8-7-9-18(10-17)30-34-32-22(16-36(30)38)20-13-25(41-3)28(44-6)26(14-20)42-4;1-16-9-4-7(8(14-12)6-13-15)5-10(17-2)11(9)18-3;9-5-7-2-1-3-8(4-7)6-10/h7-16H,1-6H3;4-6,15H,12H2,1-3H3;1-6H/b;13-6+,14-8+;. The Hall–Kier alpha value is -9.80. The van der Waals surface area contributed by atoms with E-state index in [-0.39, 0.29) is 28.7 Å². The normalized spacial score (nSPS) is 10.7. The summed E-state index contributed by atoms with van der Waals surface area (Å²) in [5, 5.41) is 58.0. The molecule has 7 aromatic rings. The third-order valence-electron chi connectivity index (χ3n) is 10.2. The molecule has 0 fully saturated rings. The summed E-state index contributed by atoms with van der Waals surface area (Å²) in [6.07, 6.45) is 5.12. The Morgan fingerprint density at radius 3 is 1.18 bits per heavy atom. The van der Waals surface area contributed by atoms with E-state index in [0.29, 0.717) is 113 Å². The number of hydrogen-bond acceptors (Lipinski definition) is 21. The number of benzene rings is 5. The minimum Gasteiger partial charge on any atom is -0.710 e. The number of methoxy groups -OCH3 is 9. The lowest BCUT2D eigenvalue weighted by Crippen LogP contribution is -2.32. The van der Waals surface area contributed by atoms with E-state index < -0.39 is 0 Å². The fraction of sp³-hybridized carbons (Fsp3) is 0.184. The van der Waals surface area contributed by atoms with Crippen LogP contribution in [0.25, 0.3) is 45.3 Å². The van der Waals surface area contributed by atoms with E-state index in [0.717, 1.165) is 6.21 Å². The van der Waals surface area contributed by atoms with Crippen molar-refractivity contribution in [2.75, 3.05) is 64.0 Å². The zero-order valence-corrected chi connectivity index (χ0v) is 40.4. The maximum Gasteiger partial charge on any atom is 0.360 e. The van der Waals surface area contributed by atoms with Crippen LogP contribution in [-0.4, -0.2) is 114 Å². The van der Waals surface area contributed by atoms with Gasteiger partial charge in [-0.15, -0.1) is 0 Å². The predicted octanol–water partition coefficient (Wildman–Crippen LogP) is 5.40. The lowest BCUT2D eigenvalue weighted by atomic mass is 10.1. The van der Waals surface area contributed by atoms with E-state index in [1.807, 2.05) is 0 Å². The van der Waals surface area contributed by atoms with Crippen LogP contribution in [0, 0.1) is 10.4 Å². The highest BCUT2D eigenvalue weighted by molar-refractivity contribution is 6.38. The van der Waals surface area contributed by atoms with E-state index in [1.54, 1.807) is 84.9 Å². The van der Waals surface area contributed by atoms with Gasteiger partial charge in [-0.2, -0.15) is 5.10 Å².